The minimum Gasteiger partial charge on any atom is -0.364 e. The van der Waals surface area contributed by atoms with Gasteiger partial charge < -0.3 is 14.7 Å². The molecule has 0 aliphatic carbocycles. The number of guanidine groups is 1. The molecule has 3 rings (SSSR count). The fourth-order valence-electron chi connectivity index (χ4n) is 2.86. The number of rotatable bonds is 4. The zero-order chi connectivity index (χ0) is 16.8. The summed E-state index contributed by atoms with van der Waals surface area (Å²) in [6, 6.07) is 5.96. The van der Waals surface area contributed by atoms with E-state index in [4.69, 9.17) is 4.52 Å². The van der Waals surface area contributed by atoms with Gasteiger partial charge in [0.15, 0.2) is 5.96 Å². The van der Waals surface area contributed by atoms with Gasteiger partial charge in [0.1, 0.15) is 6.26 Å². The van der Waals surface area contributed by atoms with Crippen molar-refractivity contribution in [2.75, 3.05) is 33.2 Å². The summed E-state index contributed by atoms with van der Waals surface area (Å²) in [5, 5.41) is 7.40. The molecule has 0 atom stereocenters. The lowest BCUT2D eigenvalue weighted by Gasteiger charge is -2.36. The topological polar surface area (TPSA) is 69.8 Å². The molecule has 0 amide bonds. The third kappa shape index (κ3) is 5.40. The summed E-state index contributed by atoms with van der Waals surface area (Å²) in [6.45, 7) is 7.46. The molecule has 1 N–H and O–H groups in total. The Balaban J connectivity index is 0.00000225. The van der Waals surface area contributed by atoms with Crippen molar-refractivity contribution in [3.63, 3.8) is 0 Å². The van der Waals surface area contributed by atoms with E-state index in [1.807, 2.05) is 25.4 Å². The molecular weight excluding hydrogens is 431 g/mol. The van der Waals surface area contributed by atoms with Crippen LogP contribution >= 0.6 is 24.0 Å². The van der Waals surface area contributed by atoms with Crippen molar-refractivity contribution < 1.29 is 4.52 Å². The highest BCUT2D eigenvalue weighted by Gasteiger charge is 2.20. The normalized spacial score (nSPS) is 15.8. The van der Waals surface area contributed by atoms with Crippen molar-refractivity contribution >= 4 is 29.9 Å². The first kappa shape index (κ1) is 19.6. The smallest absolute Gasteiger partial charge is 0.194 e. The van der Waals surface area contributed by atoms with Crippen molar-refractivity contribution in [3.05, 3.63) is 47.6 Å². The molecule has 1 saturated heterocycles. The van der Waals surface area contributed by atoms with Crippen LogP contribution in [0, 0.1) is 6.92 Å². The van der Waals surface area contributed by atoms with Gasteiger partial charge in [-0.15, -0.1) is 24.0 Å². The number of aliphatic imine (C=N–C) groups is 1. The highest BCUT2D eigenvalue weighted by Crippen LogP contribution is 2.08. The Bertz CT molecular complexity index is 668. The zero-order valence-electron chi connectivity index (χ0n) is 14.7. The Hall–Kier alpha value is -1.68. The monoisotopic (exact) mass is 456 g/mol. The summed E-state index contributed by atoms with van der Waals surface area (Å²) >= 11 is 0. The van der Waals surface area contributed by atoms with Crippen molar-refractivity contribution in [1.82, 2.24) is 25.3 Å². The molecule has 0 aromatic carbocycles. The quantitative estimate of drug-likeness (QED) is 0.431. The number of hydrogen-bond donors (Lipinski definition) is 1. The van der Waals surface area contributed by atoms with Gasteiger partial charge >= 0.3 is 0 Å². The third-order valence-electron chi connectivity index (χ3n) is 4.29. The first-order valence-electron chi connectivity index (χ1n) is 8.24. The van der Waals surface area contributed by atoms with E-state index in [0.29, 0.717) is 6.54 Å². The van der Waals surface area contributed by atoms with Crippen molar-refractivity contribution in [3.8, 4) is 0 Å². The lowest BCUT2D eigenvalue weighted by atomic mass is 10.2. The van der Waals surface area contributed by atoms with Gasteiger partial charge in [0.2, 0.25) is 0 Å². The van der Waals surface area contributed by atoms with Crippen LogP contribution < -0.4 is 5.32 Å². The number of aromatic nitrogens is 2. The number of nitrogens with one attached hydrogen (secondary N) is 1. The van der Waals surface area contributed by atoms with E-state index in [1.54, 1.807) is 6.26 Å². The molecule has 7 nitrogen and oxygen atoms in total. The minimum absolute atomic E-state index is 0. The van der Waals surface area contributed by atoms with Gasteiger partial charge in [-0.2, -0.15) is 0 Å². The maximum atomic E-state index is 4.89. The molecular formula is C17H25IN6O. The number of nitrogens with zero attached hydrogens (tertiary/aromatic N) is 5. The van der Waals surface area contributed by atoms with E-state index in [9.17, 15) is 0 Å². The van der Waals surface area contributed by atoms with Gasteiger partial charge in [-0.1, -0.05) is 11.2 Å². The molecule has 1 fully saturated rings. The third-order valence-corrected chi connectivity index (χ3v) is 4.29. The minimum atomic E-state index is 0. The maximum absolute atomic E-state index is 4.89. The number of halogens is 1. The predicted octanol–water partition coefficient (Wildman–Crippen LogP) is 1.89. The highest BCUT2D eigenvalue weighted by atomic mass is 127. The lowest BCUT2D eigenvalue weighted by molar-refractivity contribution is 0.169. The summed E-state index contributed by atoms with van der Waals surface area (Å²) in [5.74, 6) is 0.932. The summed E-state index contributed by atoms with van der Waals surface area (Å²) in [4.78, 5) is 13.5. The Labute approximate surface area is 165 Å². The van der Waals surface area contributed by atoms with Crippen LogP contribution in [0.2, 0.25) is 0 Å². The summed E-state index contributed by atoms with van der Waals surface area (Å²) in [5.41, 5.74) is 3.23. The van der Waals surface area contributed by atoms with Gasteiger partial charge in [0.05, 0.1) is 17.9 Å². The zero-order valence-corrected chi connectivity index (χ0v) is 17.0. The van der Waals surface area contributed by atoms with Crippen LogP contribution in [0.25, 0.3) is 0 Å². The summed E-state index contributed by atoms with van der Waals surface area (Å²) < 4.78 is 4.89. The number of pyridine rings is 1. The molecule has 1 aliphatic heterocycles. The van der Waals surface area contributed by atoms with E-state index >= 15 is 0 Å². The number of hydrogen-bond acceptors (Lipinski definition) is 5. The molecule has 0 radical (unpaired) electrons. The highest BCUT2D eigenvalue weighted by molar-refractivity contribution is 14.0. The van der Waals surface area contributed by atoms with E-state index in [1.165, 1.54) is 5.56 Å². The van der Waals surface area contributed by atoms with Gasteiger partial charge in [-0.25, -0.2) is 0 Å². The summed E-state index contributed by atoms with van der Waals surface area (Å²) in [6.07, 6.45) is 3.45. The molecule has 2 aromatic rings. The van der Waals surface area contributed by atoms with Crippen LogP contribution in [0.15, 0.2) is 40.2 Å². The molecule has 25 heavy (non-hydrogen) atoms. The van der Waals surface area contributed by atoms with Crippen molar-refractivity contribution in [1.29, 1.82) is 0 Å². The fourth-order valence-corrected chi connectivity index (χ4v) is 2.86. The molecule has 8 heteroatoms. The molecule has 0 saturated carbocycles. The van der Waals surface area contributed by atoms with Crippen LogP contribution in [0.4, 0.5) is 0 Å². The molecule has 136 valence electrons. The van der Waals surface area contributed by atoms with Gasteiger partial charge in [-0.05, 0) is 18.6 Å². The van der Waals surface area contributed by atoms with Crippen molar-refractivity contribution in [2.24, 2.45) is 4.99 Å². The second-order valence-corrected chi connectivity index (χ2v) is 5.92. The Kier molecular flexibility index (Phi) is 7.63. The van der Waals surface area contributed by atoms with Crippen molar-refractivity contribution in [2.45, 2.75) is 20.0 Å². The van der Waals surface area contributed by atoms with Gasteiger partial charge in [-0.3, -0.25) is 14.9 Å². The second kappa shape index (κ2) is 9.71. The first-order valence-corrected chi connectivity index (χ1v) is 8.24. The predicted molar refractivity (Wildman–Crippen MR) is 108 cm³/mol. The van der Waals surface area contributed by atoms with E-state index < -0.39 is 0 Å². The Morgan fingerprint density at radius 3 is 2.72 bits per heavy atom. The Morgan fingerprint density at radius 2 is 2.08 bits per heavy atom. The molecule has 0 unspecified atom stereocenters. The molecule has 0 bridgehead atoms. The van der Waals surface area contributed by atoms with Crippen LogP contribution in [0.1, 0.15) is 17.0 Å². The Morgan fingerprint density at radius 1 is 1.28 bits per heavy atom. The van der Waals surface area contributed by atoms with Crippen LogP contribution in [-0.2, 0) is 13.1 Å². The molecule has 0 spiro atoms. The van der Waals surface area contributed by atoms with Crippen LogP contribution in [0.3, 0.4) is 0 Å². The van der Waals surface area contributed by atoms with E-state index in [0.717, 1.165) is 50.1 Å². The van der Waals surface area contributed by atoms with Gasteiger partial charge in [0, 0.05) is 52.0 Å². The molecule has 2 aromatic heterocycles. The SMILES string of the molecule is CN=C(NCc1ncccc1C)N1CCN(Cc2ccon2)CC1.I. The standard InChI is InChI=1S/C17H24N6O.HI/c1-14-4-3-6-19-16(14)12-20-17(18-2)23-9-7-22(8-10-23)13-15-5-11-24-21-15;/h3-6,11H,7-10,12-13H2,1-2H3,(H,18,20);1H. The average Bonchev–Trinajstić information content (AvgIpc) is 3.11. The average molecular weight is 456 g/mol. The lowest BCUT2D eigenvalue weighted by Crippen LogP contribution is -2.52. The van der Waals surface area contributed by atoms with Crippen LogP contribution in [-0.4, -0.2) is 59.1 Å². The number of piperazine rings is 1. The largest absolute Gasteiger partial charge is 0.364 e. The summed E-state index contributed by atoms with van der Waals surface area (Å²) in [7, 11) is 1.83. The molecule has 3 heterocycles. The van der Waals surface area contributed by atoms with E-state index in [-0.39, 0.29) is 24.0 Å². The van der Waals surface area contributed by atoms with Crippen LogP contribution in [0.5, 0.6) is 0 Å². The second-order valence-electron chi connectivity index (χ2n) is 5.92. The molecule has 1 aliphatic rings. The van der Waals surface area contributed by atoms with E-state index in [2.05, 4.69) is 43.2 Å². The fraction of sp³-hybridized carbons (Fsp3) is 0.471. The maximum Gasteiger partial charge on any atom is 0.194 e. The van der Waals surface area contributed by atoms with Gasteiger partial charge in [0.25, 0.3) is 0 Å². The first-order chi connectivity index (χ1) is 11.8. The number of aryl methyl sites for hydroxylation is 1.